The minimum atomic E-state index is -0.936. The second-order valence-corrected chi connectivity index (χ2v) is 2.50. The highest BCUT2D eigenvalue weighted by Crippen LogP contribution is 2.16. The Labute approximate surface area is 77.6 Å². The Morgan fingerprint density at radius 3 is 2.71 bits per heavy atom. The topological polar surface area (TPSA) is 51.0 Å². The van der Waals surface area contributed by atoms with Crippen molar-refractivity contribution >= 4 is 11.7 Å². The molecule has 0 aliphatic rings. The Morgan fingerprint density at radius 1 is 1.21 bits per heavy atom. The van der Waals surface area contributed by atoms with Gasteiger partial charge in [0.2, 0.25) is 6.39 Å². The molecule has 0 fully saturated rings. The third kappa shape index (κ3) is 1.68. The molecule has 1 aromatic carbocycles. The summed E-state index contributed by atoms with van der Waals surface area (Å²) in [6.45, 7) is 0. The lowest BCUT2D eigenvalue weighted by Gasteiger charge is -2.00. The van der Waals surface area contributed by atoms with Gasteiger partial charge >= 0.3 is 6.01 Å². The fourth-order valence-electron chi connectivity index (χ4n) is 0.925. The van der Waals surface area contributed by atoms with E-state index in [-0.39, 0.29) is 6.01 Å². The van der Waals surface area contributed by atoms with E-state index in [0.29, 0.717) is 5.69 Å². The number of rotatable bonds is 2. The van der Waals surface area contributed by atoms with E-state index in [4.69, 9.17) is 4.42 Å². The van der Waals surface area contributed by atoms with Crippen LogP contribution in [0.5, 0.6) is 0 Å². The Bertz CT molecular complexity index is 430. The zero-order valence-electron chi connectivity index (χ0n) is 6.87. The number of benzene rings is 1. The smallest absolute Gasteiger partial charge is 0.319 e. The zero-order valence-corrected chi connectivity index (χ0v) is 6.87. The molecular formula is C8H5F2N3O. The molecule has 4 nitrogen and oxygen atoms in total. The minimum Gasteiger partial charge on any atom is -0.411 e. The van der Waals surface area contributed by atoms with Crippen LogP contribution in [0.25, 0.3) is 0 Å². The van der Waals surface area contributed by atoms with E-state index in [9.17, 15) is 8.78 Å². The second kappa shape index (κ2) is 3.41. The van der Waals surface area contributed by atoms with Crippen molar-refractivity contribution in [3.05, 3.63) is 36.2 Å². The van der Waals surface area contributed by atoms with Crippen molar-refractivity contribution < 1.29 is 13.2 Å². The molecule has 0 spiro atoms. The predicted molar refractivity (Wildman–Crippen MR) is 43.9 cm³/mol. The third-order valence-corrected chi connectivity index (χ3v) is 1.53. The predicted octanol–water partition coefficient (Wildman–Crippen LogP) is 2.09. The molecule has 0 bridgehead atoms. The van der Waals surface area contributed by atoms with Crippen LogP contribution in [-0.2, 0) is 0 Å². The summed E-state index contributed by atoms with van der Waals surface area (Å²) in [5, 5.41) is 9.54. The van der Waals surface area contributed by atoms with Crippen molar-refractivity contribution in [1.82, 2.24) is 10.2 Å². The van der Waals surface area contributed by atoms with Crippen LogP contribution in [-0.4, -0.2) is 10.2 Å². The summed E-state index contributed by atoms with van der Waals surface area (Å²) < 4.78 is 30.0. The van der Waals surface area contributed by atoms with Gasteiger partial charge in [0.15, 0.2) is 11.6 Å². The molecule has 0 unspecified atom stereocenters. The van der Waals surface area contributed by atoms with Gasteiger partial charge < -0.3 is 9.73 Å². The van der Waals surface area contributed by atoms with Crippen molar-refractivity contribution in [2.45, 2.75) is 0 Å². The normalized spacial score (nSPS) is 10.1. The van der Waals surface area contributed by atoms with Gasteiger partial charge in [-0.05, 0) is 12.1 Å². The number of halogens is 2. The van der Waals surface area contributed by atoms with Gasteiger partial charge in [-0.25, -0.2) is 8.78 Å². The van der Waals surface area contributed by atoms with Gasteiger partial charge in [0, 0.05) is 11.8 Å². The quantitative estimate of drug-likeness (QED) is 0.800. The molecule has 1 heterocycles. The molecule has 14 heavy (non-hydrogen) atoms. The van der Waals surface area contributed by atoms with Crippen molar-refractivity contribution in [1.29, 1.82) is 0 Å². The first-order valence-corrected chi connectivity index (χ1v) is 3.74. The number of anilines is 2. The molecule has 0 saturated carbocycles. The highest BCUT2D eigenvalue weighted by atomic mass is 19.2. The number of hydrogen-bond acceptors (Lipinski definition) is 4. The van der Waals surface area contributed by atoms with Crippen molar-refractivity contribution in [2.24, 2.45) is 0 Å². The largest absolute Gasteiger partial charge is 0.411 e. The second-order valence-electron chi connectivity index (χ2n) is 2.50. The molecule has 0 radical (unpaired) electrons. The molecule has 6 heteroatoms. The average Bonchev–Trinajstić information content (AvgIpc) is 2.64. The highest BCUT2D eigenvalue weighted by Gasteiger charge is 2.04. The number of hydrogen-bond donors (Lipinski definition) is 1. The van der Waals surface area contributed by atoms with Crippen LogP contribution >= 0.6 is 0 Å². The lowest BCUT2D eigenvalue weighted by molar-refractivity contribution is 0.509. The monoisotopic (exact) mass is 197 g/mol. The summed E-state index contributed by atoms with van der Waals surface area (Å²) in [6, 6.07) is 3.49. The van der Waals surface area contributed by atoms with Crippen molar-refractivity contribution in [3.63, 3.8) is 0 Å². The van der Waals surface area contributed by atoms with E-state index in [0.717, 1.165) is 18.5 Å². The molecule has 0 atom stereocenters. The van der Waals surface area contributed by atoms with Gasteiger partial charge in [-0.2, -0.15) is 0 Å². The molecule has 0 aliphatic carbocycles. The highest BCUT2D eigenvalue weighted by molar-refractivity contribution is 5.51. The molecular weight excluding hydrogens is 192 g/mol. The van der Waals surface area contributed by atoms with Crippen LogP contribution in [0.3, 0.4) is 0 Å². The first-order chi connectivity index (χ1) is 6.75. The van der Waals surface area contributed by atoms with Crippen LogP contribution in [0.4, 0.5) is 20.5 Å². The fourth-order valence-corrected chi connectivity index (χ4v) is 0.925. The maximum atomic E-state index is 12.7. The van der Waals surface area contributed by atoms with Crippen LogP contribution < -0.4 is 5.32 Å². The molecule has 1 N–H and O–H groups in total. The summed E-state index contributed by atoms with van der Waals surface area (Å²) in [5.41, 5.74) is 0.341. The summed E-state index contributed by atoms with van der Waals surface area (Å²) in [4.78, 5) is 0. The van der Waals surface area contributed by atoms with Gasteiger partial charge in [-0.15, -0.1) is 5.10 Å². The van der Waals surface area contributed by atoms with Gasteiger partial charge in [0.05, 0.1) is 0 Å². The Balaban J connectivity index is 2.22. The van der Waals surface area contributed by atoms with Gasteiger partial charge in [0.1, 0.15) is 0 Å². The lowest BCUT2D eigenvalue weighted by atomic mass is 10.3. The van der Waals surface area contributed by atoms with Crippen LogP contribution in [0, 0.1) is 11.6 Å². The standard InChI is InChI=1S/C8H5F2N3O/c9-6-2-1-5(3-7(6)10)12-8-13-11-4-14-8/h1-4H,(H,12,13). The fraction of sp³-hybridized carbons (Fsp3) is 0. The molecule has 2 rings (SSSR count). The molecule has 1 aromatic heterocycles. The average molecular weight is 197 g/mol. The number of nitrogens with zero attached hydrogens (tertiary/aromatic N) is 2. The Morgan fingerprint density at radius 2 is 2.07 bits per heavy atom. The Hall–Kier alpha value is -1.98. The van der Waals surface area contributed by atoms with E-state index in [1.807, 2.05) is 0 Å². The maximum absolute atomic E-state index is 12.7. The summed E-state index contributed by atoms with van der Waals surface area (Å²) in [5.74, 6) is -1.84. The van der Waals surface area contributed by atoms with Crippen molar-refractivity contribution in [2.75, 3.05) is 5.32 Å². The molecule has 0 saturated heterocycles. The first kappa shape index (κ1) is 8.61. The van der Waals surface area contributed by atoms with Crippen LogP contribution in [0.15, 0.2) is 29.0 Å². The SMILES string of the molecule is Fc1ccc(Nc2nnco2)cc1F. The number of aromatic nitrogens is 2. The van der Waals surface area contributed by atoms with Crippen molar-refractivity contribution in [3.8, 4) is 0 Å². The van der Waals surface area contributed by atoms with E-state index < -0.39 is 11.6 Å². The minimum absolute atomic E-state index is 0.121. The molecule has 2 aromatic rings. The molecule has 0 amide bonds. The van der Waals surface area contributed by atoms with Gasteiger partial charge in [-0.1, -0.05) is 5.10 Å². The molecule has 0 aliphatic heterocycles. The van der Waals surface area contributed by atoms with E-state index >= 15 is 0 Å². The first-order valence-electron chi connectivity index (χ1n) is 3.74. The summed E-state index contributed by atoms with van der Waals surface area (Å²) in [6.07, 6.45) is 1.13. The van der Waals surface area contributed by atoms with E-state index in [1.165, 1.54) is 6.07 Å². The molecule has 72 valence electrons. The lowest BCUT2D eigenvalue weighted by Crippen LogP contribution is -1.92. The van der Waals surface area contributed by atoms with E-state index in [1.54, 1.807) is 0 Å². The van der Waals surface area contributed by atoms with E-state index in [2.05, 4.69) is 15.5 Å². The zero-order chi connectivity index (χ0) is 9.97. The summed E-state index contributed by atoms with van der Waals surface area (Å²) in [7, 11) is 0. The maximum Gasteiger partial charge on any atom is 0.319 e. The van der Waals surface area contributed by atoms with Crippen LogP contribution in [0.1, 0.15) is 0 Å². The number of nitrogens with one attached hydrogen (secondary N) is 1. The van der Waals surface area contributed by atoms with Gasteiger partial charge in [0.25, 0.3) is 0 Å². The third-order valence-electron chi connectivity index (χ3n) is 1.53. The Kier molecular flexibility index (Phi) is 2.10. The van der Waals surface area contributed by atoms with Crippen LogP contribution in [0.2, 0.25) is 0 Å². The summed E-state index contributed by atoms with van der Waals surface area (Å²) >= 11 is 0. The van der Waals surface area contributed by atoms with Gasteiger partial charge in [-0.3, -0.25) is 0 Å².